The number of nitrogens with one attached hydrogen (secondary N) is 2. The van der Waals surface area contributed by atoms with Crippen LogP contribution in [0.25, 0.3) is 0 Å². The second-order valence-corrected chi connectivity index (χ2v) is 5.87. The van der Waals surface area contributed by atoms with E-state index >= 15 is 0 Å². The van der Waals surface area contributed by atoms with Gasteiger partial charge in [-0.2, -0.15) is 0 Å². The van der Waals surface area contributed by atoms with Crippen LogP contribution in [0.1, 0.15) is 29.5 Å². The van der Waals surface area contributed by atoms with Gasteiger partial charge in [0.2, 0.25) is 5.91 Å². The normalized spacial score (nSPS) is 23.7. The molecular formula is C12H18N4OS. The van der Waals surface area contributed by atoms with E-state index in [4.69, 9.17) is 4.98 Å². The molecule has 0 spiro atoms. The zero-order chi connectivity index (χ0) is 12.5. The van der Waals surface area contributed by atoms with Gasteiger partial charge in [0.15, 0.2) is 5.13 Å². The molecular weight excluding hydrogens is 248 g/mol. The van der Waals surface area contributed by atoms with Gasteiger partial charge in [-0.05, 0) is 26.3 Å². The molecule has 1 atom stereocenters. The molecule has 0 bridgehead atoms. The number of rotatable bonds is 2. The standard InChI is InChI=1S/C12H18N4OS/c1-13-8-3-2-4-9-11(8)15-12(18-9)16-6-5-14-10(17)7-16/h8,13H,2-7H2,1H3,(H,14,17). The van der Waals surface area contributed by atoms with E-state index in [1.807, 2.05) is 7.05 Å². The Hall–Kier alpha value is -1.14. The third-order valence-electron chi connectivity index (χ3n) is 3.60. The predicted molar refractivity (Wildman–Crippen MR) is 72.1 cm³/mol. The third-order valence-corrected chi connectivity index (χ3v) is 4.79. The number of piperazine rings is 1. The maximum absolute atomic E-state index is 11.4. The molecule has 98 valence electrons. The Morgan fingerprint density at radius 2 is 2.44 bits per heavy atom. The summed E-state index contributed by atoms with van der Waals surface area (Å²) >= 11 is 1.76. The average Bonchev–Trinajstić information content (AvgIpc) is 2.82. The van der Waals surface area contributed by atoms with Crippen LogP contribution >= 0.6 is 11.3 Å². The van der Waals surface area contributed by atoms with Gasteiger partial charge in [0.25, 0.3) is 0 Å². The van der Waals surface area contributed by atoms with Crippen molar-refractivity contribution in [3.05, 3.63) is 10.6 Å². The van der Waals surface area contributed by atoms with Crippen molar-refractivity contribution < 1.29 is 4.79 Å². The Morgan fingerprint density at radius 1 is 1.56 bits per heavy atom. The number of carbonyl (C=O) groups excluding carboxylic acids is 1. The van der Waals surface area contributed by atoms with Crippen molar-refractivity contribution in [2.24, 2.45) is 0 Å². The summed E-state index contributed by atoms with van der Waals surface area (Å²) in [5, 5.41) is 7.19. The molecule has 1 unspecified atom stereocenters. The summed E-state index contributed by atoms with van der Waals surface area (Å²) in [6.45, 7) is 2.03. The number of amides is 1. The summed E-state index contributed by atoms with van der Waals surface area (Å²) in [6, 6.07) is 0.386. The van der Waals surface area contributed by atoms with Crippen molar-refractivity contribution in [3.63, 3.8) is 0 Å². The molecule has 2 heterocycles. The highest BCUT2D eigenvalue weighted by molar-refractivity contribution is 7.15. The van der Waals surface area contributed by atoms with Gasteiger partial charge in [-0.1, -0.05) is 0 Å². The van der Waals surface area contributed by atoms with Crippen LogP contribution in [0.2, 0.25) is 0 Å². The van der Waals surface area contributed by atoms with Crippen molar-refractivity contribution in [3.8, 4) is 0 Å². The topological polar surface area (TPSA) is 57.3 Å². The summed E-state index contributed by atoms with van der Waals surface area (Å²) in [5.41, 5.74) is 1.20. The summed E-state index contributed by atoms with van der Waals surface area (Å²) in [7, 11) is 1.99. The minimum atomic E-state index is 0.0968. The molecule has 1 aromatic rings. The van der Waals surface area contributed by atoms with E-state index in [1.54, 1.807) is 11.3 Å². The number of hydrogen-bond donors (Lipinski definition) is 2. The first kappa shape index (κ1) is 11.9. The summed E-state index contributed by atoms with van der Waals surface area (Å²) in [6.07, 6.45) is 3.51. The van der Waals surface area contributed by atoms with Gasteiger partial charge in [0.05, 0.1) is 18.3 Å². The lowest BCUT2D eigenvalue weighted by Crippen LogP contribution is -2.47. The van der Waals surface area contributed by atoms with Crippen molar-refractivity contribution in [2.75, 3.05) is 31.6 Å². The molecule has 1 saturated heterocycles. The predicted octanol–water partition coefficient (Wildman–Crippen LogP) is 0.676. The largest absolute Gasteiger partial charge is 0.353 e. The molecule has 18 heavy (non-hydrogen) atoms. The van der Waals surface area contributed by atoms with E-state index in [9.17, 15) is 4.79 Å². The van der Waals surface area contributed by atoms with Crippen LogP contribution in [-0.2, 0) is 11.2 Å². The van der Waals surface area contributed by atoms with Crippen LogP contribution < -0.4 is 15.5 Å². The Labute approximate surface area is 111 Å². The number of aromatic nitrogens is 1. The molecule has 1 amide bonds. The van der Waals surface area contributed by atoms with Gasteiger partial charge in [-0.25, -0.2) is 4.98 Å². The first-order valence-electron chi connectivity index (χ1n) is 6.46. The Morgan fingerprint density at radius 3 is 3.22 bits per heavy atom. The molecule has 0 aromatic carbocycles. The summed E-state index contributed by atoms with van der Waals surface area (Å²) < 4.78 is 0. The van der Waals surface area contributed by atoms with E-state index in [1.165, 1.54) is 17.0 Å². The number of nitrogens with zero attached hydrogens (tertiary/aromatic N) is 2. The second-order valence-electron chi connectivity index (χ2n) is 4.81. The fourth-order valence-electron chi connectivity index (χ4n) is 2.62. The van der Waals surface area contributed by atoms with Gasteiger partial charge in [-0.3, -0.25) is 4.79 Å². The maximum Gasteiger partial charge on any atom is 0.239 e. The third kappa shape index (κ3) is 2.10. The first-order chi connectivity index (χ1) is 8.78. The Kier molecular flexibility index (Phi) is 3.22. The van der Waals surface area contributed by atoms with Crippen LogP contribution in [-0.4, -0.2) is 37.6 Å². The zero-order valence-electron chi connectivity index (χ0n) is 10.5. The van der Waals surface area contributed by atoms with E-state index in [2.05, 4.69) is 15.5 Å². The van der Waals surface area contributed by atoms with Gasteiger partial charge >= 0.3 is 0 Å². The lowest BCUT2D eigenvalue weighted by molar-refractivity contribution is -0.120. The first-order valence-corrected chi connectivity index (χ1v) is 7.28. The van der Waals surface area contributed by atoms with Crippen LogP contribution in [0.3, 0.4) is 0 Å². The summed E-state index contributed by atoms with van der Waals surface area (Å²) in [4.78, 5) is 19.7. The number of thiazole rings is 1. The molecule has 0 radical (unpaired) electrons. The lowest BCUT2D eigenvalue weighted by Gasteiger charge is -2.25. The van der Waals surface area contributed by atoms with Crippen LogP contribution in [0.15, 0.2) is 0 Å². The molecule has 1 aliphatic carbocycles. The molecule has 0 saturated carbocycles. The van der Waals surface area contributed by atoms with Crippen molar-refractivity contribution in [1.29, 1.82) is 0 Å². The summed E-state index contributed by atoms with van der Waals surface area (Å²) in [5.74, 6) is 0.0968. The highest BCUT2D eigenvalue weighted by Crippen LogP contribution is 2.36. The van der Waals surface area contributed by atoms with E-state index in [-0.39, 0.29) is 5.91 Å². The van der Waals surface area contributed by atoms with Crippen LogP contribution in [0, 0.1) is 0 Å². The fourth-order valence-corrected chi connectivity index (χ4v) is 3.81. The molecule has 2 aliphatic rings. The number of aryl methyl sites for hydroxylation is 1. The maximum atomic E-state index is 11.4. The second kappa shape index (κ2) is 4.85. The smallest absolute Gasteiger partial charge is 0.239 e. The van der Waals surface area contributed by atoms with Gasteiger partial charge in [0.1, 0.15) is 0 Å². The van der Waals surface area contributed by atoms with Gasteiger partial charge in [0, 0.05) is 18.0 Å². The van der Waals surface area contributed by atoms with Crippen LogP contribution in [0.5, 0.6) is 0 Å². The molecule has 1 aromatic heterocycles. The fraction of sp³-hybridized carbons (Fsp3) is 0.667. The molecule has 5 nitrogen and oxygen atoms in total. The highest BCUT2D eigenvalue weighted by Gasteiger charge is 2.26. The monoisotopic (exact) mass is 266 g/mol. The molecule has 6 heteroatoms. The number of hydrogen-bond acceptors (Lipinski definition) is 5. The van der Waals surface area contributed by atoms with E-state index in [0.29, 0.717) is 12.6 Å². The lowest BCUT2D eigenvalue weighted by atomic mass is 9.98. The van der Waals surface area contributed by atoms with Crippen molar-refractivity contribution >= 4 is 22.4 Å². The van der Waals surface area contributed by atoms with Crippen molar-refractivity contribution in [1.82, 2.24) is 15.6 Å². The van der Waals surface area contributed by atoms with E-state index in [0.717, 1.165) is 31.1 Å². The Bertz CT molecular complexity index is 459. The molecule has 3 rings (SSSR count). The van der Waals surface area contributed by atoms with Gasteiger partial charge in [-0.15, -0.1) is 11.3 Å². The minimum Gasteiger partial charge on any atom is -0.353 e. The number of fused-ring (bicyclic) bond motifs is 1. The zero-order valence-corrected chi connectivity index (χ0v) is 11.3. The number of carbonyl (C=O) groups is 1. The number of anilines is 1. The molecule has 1 fully saturated rings. The average molecular weight is 266 g/mol. The quantitative estimate of drug-likeness (QED) is 0.826. The van der Waals surface area contributed by atoms with E-state index < -0.39 is 0 Å². The molecule has 1 aliphatic heterocycles. The minimum absolute atomic E-state index is 0.0968. The van der Waals surface area contributed by atoms with Crippen molar-refractivity contribution in [2.45, 2.75) is 25.3 Å². The SMILES string of the molecule is CNC1CCCc2sc(N3CCNC(=O)C3)nc21. The van der Waals surface area contributed by atoms with Gasteiger partial charge < -0.3 is 15.5 Å². The Balaban J connectivity index is 1.85. The highest BCUT2D eigenvalue weighted by atomic mass is 32.1. The molecule has 2 N–H and O–H groups in total. The van der Waals surface area contributed by atoms with Crippen LogP contribution in [0.4, 0.5) is 5.13 Å².